The molecule has 4 nitrogen and oxygen atoms in total. The highest BCUT2D eigenvalue weighted by Gasteiger charge is 2.71. The largest absolute Gasteiger partial charge is 0.387 e. The lowest BCUT2D eigenvalue weighted by atomic mass is 9.43. The minimum Gasteiger partial charge on any atom is -0.387 e. The number of ether oxygens (including phenoxy) is 3. The van der Waals surface area contributed by atoms with Gasteiger partial charge in [0.2, 0.25) is 0 Å². The van der Waals surface area contributed by atoms with E-state index in [1.54, 1.807) is 0 Å². The SMILES string of the molecule is C[C@@H](CI)CC[C@H]1O[C@H]2C[C@H]3[C@@H]4CC[C@H]5C[C@H](OCc6ccccc6)CC[C@]5(C)[C@H]4[C@@H](OCc4ccccc4)C[C@]3(C)[C@H]2[C@@]1(C)O. The van der Waals surface area contributed by atoms with E-state index in [9.17, 15) is 5.11 Å². The Balaban J connectivity index is 1.13. The Labute approximate surface area is 291 Å². The van der Waals surface area contributed by atoms with Crippen LogP contribution in [0.25, 0.3) is 0 Å². The van der Waals surface area contributed by atoms with Crippen molar-refractivity contribution in [2.45, 2.75) is 129 Å². The van der Waals surface area contributed by atoms with Crippen LogP contribution in [0.15, 0.2) is 60.7 Å². The van der Waals surface area contributed by atoms with Crippen LogP contribution in [0, 0.1) is 46.3 Å². The van der Waals surface area contributed by atoms with Crippen molar-refractivity contribution in [1.29, 1.82) is 0 Å². The quantitative estimate of drug-likeness (QED) is 0.195. The van der Waals surface area contributed by atoms with Crippen molar-refractivity contribution < 1.29 is 19.3 Å². The fourth-order valence-electron chi connectivity index (χ4n) is 11.8. The first kappa shape index (κ1) is 33.5. The second-order valence-corrected chi connectivity index (χ2v) is 17.6. The Kier molecular flexibility index (Phi) is 9.74. The number of rotatable bonds is 10. The molecule has 0 amide bonds. The van der Waals surface area contributed by atoms with E-state index in [1.807, 2.05) is 0 Å². The van der Waals surface area contributed by atoms with E-state index in [2.05, 4.69) is 111 Å². The normalized spacial score (nSPS) is 43.7. The van der Waals surface area contributed by atoms with E-state index >= 15 is 0 Å². The molecule has 5 fully saturated rings. The van der Waals surface area contributed by atoms with E-state index in [0.717, 1.165) is 36.5 Å². The first-order chi connectivity index (χ1) is 22.1. The third-order valence-electron chi connectivity index (χ3n) is 14.0. The van der Waals surface area contributed by atoms with Gasteiger partial charge < -0.3 is 19.3 Å². The highest BCUT2D eigenvalue weighted by atomic mass is 127. The van der Waals surface area contributed by atoms with Gasteiger partial charge in [0.05, 0.1) is 43.2 Å². The lowest BCUT2D eigenvalue weighted by molar-refractivity contribution is -0.208. The molecule has 4 saturated carbocycles. The van der Waals surface area contributed by atoms with Crippen LogP contribution < -0.4 is 0 Å². The van der Waals surface area contributed by atoms with Gasteiger partial charge in [-0.15, -0.1) is 0 Å². The molecule has 1 aliphatic heterocycles. The van der Waals surface area contributed by atoms with Gasteiger partial charge in [0.1, 0.15) is 0 Å². The molecule has 13 atom stereocenters. The molecular weight excluding hydrogens is 683 g/mol. The molecule has 7 rings (SSSR count). The lowest BCUT2D eigenvalue weighted by Crippen LogP contribution is -2.61. The Hall–Kier alpha value is -0.990. The molecule has 0 radical (unpaired) electrons. The second kappa shape index (κ2) is 13.4. The van der Waals surface area contributed by atoms with Crippen molar-refractivity contribution >= 4 is 22.6 Å². The van der Waals surface area contributed by atoms with Crippen molar-refractivity contribution in [3.05, 3.63) is 71.8 Å². The molecule has 0 bridgehead atoms. The smallest absolute Gasteiger partial charge is 0.0938 e. The van der Waals surface area contributed by atoms with Gasteiger partial charge in [0, 0.05) is 10.3 Å². The molecular formula is C41H57IO4. The molecule has 252 valence electrons. The third kappa shape index (κ3) is 6.05. The maximum atomic E-state index is 12.3. The van der Waals surface area contributed by atoms with Gasteiger partial charge in [-0.2, -0.15) is 0 Å². The molecule has 0 unspecified atom stereocenters. The Morgan fingerprint density at radius 2 is 1.57 bits per heavy atom. The van der Waals surface area contributed by atoms with Gasteiger partial charge >= 0.3 is 0 Å². The van der Waals surface area contributed by atoms with Gasteiger partial charge in [-0.1, -0.05) is 104 Å². The van der Waals surface area contributed by atoms with Crippen molar-refractivity contribution in [3.63, 3.8) is 0 Å². The molecule has 2 aromatic rings. The van der Waals surface area contributed by atoms with Crippen LogP contribution >= 0.6 is 22.6 Å². The Bertz CT molecular complexity index is 1300. The van der Waals surface area contributed by atoms with Gasteiger partial charge in [0.25, 0.3) is 0 Å². The van der Waals surface area contributed by atoms with Crippen molar-refractivity contribution in [2.75, 3.05) is 4.43 Å². The standard InChI is InChI=1S/C41H57IO4/c1-27(24-42)15-18-36-41(4,43)38-34(46-36)22-33-32-17-16-30-21-31(44-25-28-11-7-5-8-12-28)19-20-39(30,2)37(32)35(23-40(33,38)3)45-26-29-13-9-6-10-14-29/h5-14,27,30-38,43H,15-26H2,1-4H3/t27-,30+,31-,32+,33+,34+,35+,36-,37-,38+,39+,40+,41+/m1/s1. The van der Waals surface area contributed by atoms with E-state index in [4.69, 9.17) is 14.2 Å². The van der Waals surface area contributed by atoms with Crippen molar-refractivity contribution in [3.8, 4) is 0 Å². The number of hydrogen-bond donors (Lipinski definition) is 1. The summed E-state index contributed by atoms with van der Waals surface area (Å²) in [5, 5.41) is 12.3. The zero-order chi connectivity index (χ0) is 32.1. The summed E-state index contributed by atoms with van der Waals surface area (Å²) >= 11 is 2.49. The molecule has 1 N–H and O–H groups in total. The van der Waals surface area contributed by atoms with Crippen LogP contribution in [0.4, 0.5) is 0 Å². The lowest BCUT2D eigenvalue weighted by Gasteiger charge is -2.63. The van der Waals surface area contributed by atoms with Crippen LogP contribution in [-0.4, -0.2) is 39.6 Å². The van der Waals surface area contributed by atoms with Crippen molar-refractivity contribution in [2.24, 2.45) is 46.3 Å². The first-order valence-electron chi connectivity index (χ1n) is 18.4. The predicted octanol–water partition coefficient (Wildman–Crippen LogP) is 9.41. The number of alkyl halides is 1. The van der Waals surface area contributed by atoms with Crippen LogP contribution in [-0.2, 0) is 27.4 Å². The molecule has 2 aromatic carbocycles. The number of halogens is 1. The summed E-state index contributed by atoms with van der Waals surface area (Å²) in [4.78, 5) is 0. The summed E-state index contributed by atoms with van der Waals surface area (Å²) in [5.41, 5.74) is 1.99. The third-order valence-corrected chi connectivity index (χ3v) is 15.5. The summed E-state index contributed by atoms with van der Waals surface area (Å²) in [6.07, 6.45) is 10.9. The zero-order valence-electron chi connectivity index (χ0n) is 28.6. The number of benzene rings is 2. The molecule has 1 heterocycles. The zero-order valence-corrected chi connectivity index (χ0v) is 30.7. The molecule has 4 aliphatic carbocycles. The van der Waals surface area contributed by atoms with Gasteiger partial charge in [-0.3, -0.25) is 0 Å². The maximum absolute atomic E-state index is 12.3. The summed E-state index contributed by atoms with van der Waals surface area (Å²) in [6, 6.07) is 21.4. The van der Waals surface area contributed by atoms with Gasteiger partial charge in [0.15, 0.2) is 0 Å². The first-order valence-corrected chi connectivity index (χ1v) is 19.9. The van der Waals surface area contributed by atoms with Crippen molar-refractivity contribution in [1.82, 2.24) is 0 Å². The molecule has 1 saturated heterocycles. The van der Waals surface area contributed by atoms with E-state index in [1.165, 1.54) is 36.8 Å². The van der Waals surface area contributed by atoms with Crippen LogP contribution in [0.2, 0.25) is 0 Å². The molecule has 0 aromatic heterocycles. The summed E-state index contributed by atoms with van der Waals surface area (Å²) in [5.74, 6) is 3.22. The average Bonchev–Trinajstić information content (AvgIpc) is 3.51. The number of fused-ring (bicyclic) bond motifs is 7. The fourth-order valence-corrected chi connectivity index (χ4v) is 12.2. The fraction of sp³-hybridized carbons (Fsp3) is 0.707. The summed E-state index contributed by atoms with van der Waals surface area (Å²) < 4.78 is 21.8. The maximum Gasteiger partial charge on any atom is 0.0938 e. The Morgan fingerprint density at radius 1 is 0.891 bits per heavy atom. The van der Waals surface area contributed by atoms with E-state index in [-0.39, 0.29) is 35.1 Å². The molecule has 5 aliphatic rings. The monoisotopic (exact) mass is 740 g/mol. The van der Waals surface area contributed by atoms with Gasteiger partial charge in [-0.25, -0.2) is 0 Å². The van der Waals surface area contributed by atoms with E-state index in [0.29, 0.717) is 48.9 Å². The molecule has 0 spiro atoms. The molecule has 5 heteroatoms. The van der Waals surface area contributed by atoms with E-state index < -0.39 is 5.60 Å². The minimum absolute atomic E-state index is 0.0134. The highest BCUT2D eigenvalue weighted by molar-refractivity contribution is 14.1. The Morgan fingerprint density at radius 3 is 2.24 bits per heavy atom. The second-order valence-electron chi connectivity index (χ2n) is 16.8. The topological polar surface area (TPSA) is 47.9 Å². The number of aliphatic hydroxyl groups is 1. The summed E-state index contributed by atoms with van der Waals surface area (Å²) in [6.45, 7) is 11.0. The van der Waals surface area contributed by atoms with Crippen LogP contribution in [0.5, 0.6) is 0 Å². The van der Waals surface area contributed by atoms with Crippen LogP contribution in [0.3, 0.4) is 0 Å². The summed E-state index contributed by atoms with van der Waals surface area (Å²) in [7, 11) is 0. The molecule has 46 heavy (non-hydrogen) atoms. The minimum atomic E-state index is -0.800. The average molecular weight is 741 g/mol. The van der Waals surface area contributed by atoms with Gasteiger partial charge in [-0.05, 0) is 116 Å². The highest BCUT2D eigenvalue weighted by Crippen LogP contribution is 2.71. The number of hydrogen-bond acceptors (Lipinski definition) is 4. The predicted molar refractivity (Wildman–Crippen MR) is 193 cm³/mol. The van der Waals surface area contributed by atoms with Crippen LogP contribution in [0.1, 0.15) is 96.6 Å².